The van der Waals surface area contributed by atoms with Gasteiger partial charge in [-0.05, 0) is 48.5 Å². The Bertz CT molecular complexity index is 1030. The molecular weight excluding hydrogens is 414 g/mol. The van der Waals surface area contributed by atoms with Crippen molar-refractivity contribution in [3.05, 3.63) is 66.7 Å². The van der Waals surface area contributed by atoms with E-state index >= 15 is 0 Å². The van der Waals surface area contributed by atoms with Crippen LogP contribution < -0.4 is 13.8 Å². The Morgan fingerprint density at radius 1 is 0.750 bits per heavy atom. The summed E-state index contributed by atoms with van der Waals surface area (Å²) in [5.74, 6) is 1.15. The largest absolute Gasteiger partial charge is 0.497 e. The molecule has 0 heterocycles. The van der Waals surface area contributed by atoms with E-state index < -0.39 is 10.0 Å². The molecule has 0 fully saturated rings. The van der Waals surface area contributed by atoms with Gasteiger partial charge in [0.25, 0.3) is 10.0 Å². The molecule has 0 radical (unpaired) electrons. The minimum Gasteiger partial charge on any atom is -0.497 e. The summed E-state index contributed by atoms with van der Waals surface area (Å²) in [6, 6.07) is 18.2. The Balaban J connectivity index is 2.26. The molecule has 0 unspecified atom stereocenters. The van der Waals surface area contributed by atoms with Gasteiger partial charge in [0.05, 0.1) is 30.5 Å². The molecule has 0 saturated carbocycles. The van der Waals surface area contributed by atoms with Crippen LogP contribution in [0.5, 0.6) is 11.5 Å². The van der Waals surface area contributed by atoms with Crippen molar-refractivity contribution in [2.24, 2.45) is 0 Å². The molecule has 146 valence electrons. The van der Waals surface area contributed by atoms with E-state index in [9.17, 15) is 8.42 Å². The molecule has 3 rings (SSSR count). The average Bonchev–Trinajstić information content (AvgIpc) is 2.71. The highest BCUT2D eigenvalue weighted by Gasteiger charge is 2.29. The highest BCUT2D eigenvalue weighted by molar-refractivity contribution is 7.93. The van der Waals surface area contributed by atoms with E-state index in [1.807, 2.05) is 0 Å². The lowest BCUT2D eigenvalue weighted by molar-refractivity contribution is 0.413. The van der Waals surface area contributed by atoms with Gasteiger partial charge in [0.15, 0.2) is 0 Å². The number of benzene rings is 3. The summed E-state index contributed by atoms with van der Waals surface area (Å²) in [4.78, 5) is 1.05. The molecule has 0 aromatic heterocycles. The fraction of sp³-hybridized carbons (Fsp3) is 0.100. The third-order valence-corrected chi connectivity index (χ3v) is 6.54. The van der Waals surface area contributed by atoms with Gasteiger partial charge in [0.2, 0.25) is 0 Å². The summed E-state index contributed by atoms with van der Waals surface area (Å²) in [6.07, 6.45) is 0. The van der Waals surface area contributed by atoms with Gasteiger partial charge in [-0.3, -0.25) is 0 Å². The maximum absolute atomic E-state index is 13.5. The van der Waals surface area contributed by atoms with Gasteiger partial charge in [-0.1, -0.05) is 18.2 Å². The molecular formula is C20H19NO4S3. The van der Waals surface area contributed by atoms with Crippen molar-refractivity contribution in [1.29, 1.82) is 0 Å². The zero-order valence-electron chi connectivity index (χ0n) is 15.2. The third-order valence-electron chi connectivity index (χ3n) is 4.08. The first-order valence-corrected chi connectivity index (χ1v) is 10.6. The van der Waals surface area contributed by atoms with Crippen LogP contribution in [0.25, 0.3) is 0 Å². The molecule has 5 nitrogen and oxygen atoms in total. The first kappa shape index (κ1) is 20.4. The molecule has 0 aliphatic carbocycles. The van der Waals surface area contributed by atoms with Crippen LogP contribution in [0.15, 0.2) is 81.4 Å². The molecule has 0 N–H and O–H groups in total. The number of thiol groups is 2. The number of rotatable bonds is 6. The van der Waals surface area contributed by atoms with Crippen LogP contribution in [0.2, 0.25) is 0 Å². The van der Waals surface area contributed by atoms with Crippen molar-refractivity contribution < 1.29 is 17.9 Å². The van der Waals surface area contributed by atoms with Crippen molar-refractivity contribution in [2.45, 2.75) is 14.7 Å². The summed E-state index contributed by atoms with van der Waals surface area (Å²) in [6.45, 7) is 0. The Hall–Kier alpha value is -2.29. The minimum atomic E-state index is -3.94. The van der Waals surface area contributed by atoms with Crippen molar-refractivity contribution in [2.75, 3.05) is 18.5 Å². The van der Waals surface area contributed by atoms with Gasteiger partial charge in [0, 0.05) is 9.79 Å². The van der Waals surface area contributed by atoms with Crippen LogP contribution >= 0.6 is 25.3 Å². The fourth-order valence-electron chi connectivity index (χ4n) is 2.69. The number of hydrogen-bond acceptors (Lipinski definition) is 6. The normalized spacial score (nSPS) is 11.1. The number of methoxy groups -OCH3 is 2. The first-order chi connectivity index (χ1) is 13.4. The Kier molecular flexibility index (Phi) is 6.12. The predicted molar refractivity (Wildman–Crippen MR) is 116 cm³/mol. The van der Waals surface area contributed by atoms with Gasteiger partial charge < -0.3 is 9.47 Å². The molecule has 0 aliphatic heterocycles. The van der Waals surface area contributed by atoms with Gasteiger partial charge in [-0.25, -0.2) is 12.7 Å². The Labute approximate surface area is 175 Å². The molecule has 3 aromatic rings. The third kappa shape index (κ3) is 3.94. The predicted octanol–water partition coefficient (Wildman–Crippen LogP) is 4.81. The highest BCUT2D eigenvalue weighted by atomic mass is 32.2. The molecule has 0 aliphatic rings. The molecule has 28 heavy (non-hydrogen) atoms. The van der Waals surface area contributed by atoms with Crippen LogP contribution in [-0.4, -0.2) is 22.6 Å². The van der Waals surface area contributed by atoms with E-state index in [1.165, 1.54) is 18.5 Å². The summed E-state index contributed by atoms with van der Waals surface area (Å²) < 4.78 is 38.7. The molecule has 0 amide bonds. The number of anilines is 2. The second-order valence-corrected chi connectivity index (χ2v) is 8.54. The smallest absolute Gasteiger partial charge is 0.268 e. The minimum absolute atomic E-state index is 0.155. The number of nitrogens with zero attached hydrogens (tertiary/aromatic N) is 1. The zero-order valence-corrected chi connectivity index (χ0v) is 17.8. The van der Waals surface area contributed by atoms with Crippen molar-refractivity contribution in [3.8, 4) is 11.5 Å². The summed E-state index contributed by atoms with van der Waals surface area (Å²) in [5, 5.41) is 0. The van der Waals surface area contributed by atoms with E-state index in [-0.39, 0.29) is 4.90 Å². The SMILES string of the molecule is COc1ccc(N(c2ccc(OC)cc2S)S(=O)(=O)c2ccccc2)c(S)c1. The van der Waals surface area contributed by atoms with Crippen molar-refractivity contribution >= 4 is 46.7 Å². The Morgan fingerprint density at radius 3 is 1.61 bits per heavy atom. The van der Waals surface area contributed by atoms with Crippen molar-refractivity contribution in [1.82, 2.24) is 0 Å². The van der Waals surface area contributed by atoms with Crippen LogP contribution in [0.1, 0.15) is 0 Å². The lowest BCUT2D eigenvalue weighted by Crippen LogP contribution is -2.27. The second kappa shape index (κ2) is 8.38. The summed E-state index contributed by atoms with van der Waals surface area (Å²) >= 11 is 8.99. The van der Waals surface area contributed by atoms with Gasteiger partial charge in [0.1, 0.15) is 11.5 Å². The van der Waals surface area contributed by atoms with Crippen LogP contribution in [0.3, 0.4) is 0 Å². The van der Waals surface area contributed by atoms with Gasteiger partial charge in [-0.2, -0.15) is 0 Å². The van der Waals surface area contributed by atoms with Crippen molar-refractivity contribution in [3.63, 3.8) is 0 Å². The van der Waals surface area contributed by atoms with Gasteiger partial charge >= 0.3 is 0 Å². The molecule has 8 heteroatoms. The number of ether oxygens (including phenoxy) is 2. The molecule has 3 aromatic carbocycles. The van der Waals surface area contributed by atoms with Crippen LogP contribution in [0, 0.1) is 0 Å². The second-order valence-electron chi connectivity index (χ2n) is 5.79. The maximum Gasteiger partial charge on any atom is 0.268 e. The number of hydrogen-bond donors (Lipinski definition) is 2. The van der Waals surface area contributed by atoms with Gasteiger partial charge in [-0.15, -0.1) is 25.3 Å². The topological polar surface area (TPSA) is 55.8 Å². The van der Waals surface area contributed by atoms with E-state index in [4.69, 9.17) is 9.47 Å². The first-order valence-electron chi connectivity index (χ1n) is 8.23. The monoisotopic (exact) mass is 433 g/mol. The number of sulfonamides is 1. The molecule has 0 atom stereocenters. The lowest BCUT2D eigenvalue weighted by Gasteiger charge is -2.27. The Morgan fingerprint density at radius 2 is 1.21 bits per heavy atom. The zero-order chi connectivity index (χ0) is 20.3. The molecule has 0 spiro atoms. The van der Waals surface area contributed by atoms with Crippen LogP contribution in [0.4, 0.5) is 11.4 Å². The molecule has 0 saturated heterocycles. The summed E-state index contributed by atoms with van der Waals surface area (Å²) in [5.41, 5.74) is 0.766. The average molecular weight is 434 g/mol. The van der Waals surface area contributed by atoms with Crippen LogP contribution in [-0.2, 0) is 10.0 Å². The van der Waals surface area contributed by atoms with E-state index in [0.717, 1.165) is 0 Å². The molecule has 0 bridgehead atoms. The highest BCUT2D eigenvalue weighted by Crippen LogP contribution is 2.41. The van der Waals surface area contributed by atoms with E-state index in [2.05, 4.69) is 25.3 Å². The standard InChI is InChI=1S/C20H19NO4S3/c1-24-14-8-10-17(19(26)12-14)21(18-11-9-15(25-2)13-20(18)27)28(22,23)16-6-4-3-5-7-16/h3-13,26-27H,1-2H3. The van der Waals surface area contributed by atoms with E-state index in [1.54, 1.807) is 66.7 Å². The lowest BCUT2D eigenvalue weighted by atomic mass is 10.2. The summed E-state index contributed by atoms with van der Waals surface area (Å²) in [7, 11) is -0.862. The fourth-order valence-corrected chi connectivity index (χ4v) is 4.98. The van der Waals surface area contributed by atoms with E-state index in [0.29, 0.717) is 32.7 Å². The maximum atomic E-state index is 13.5. The quantitative estimate of drug-likeness (QED) is 0.548.